The number of aryl methyl sites for hydroxylation is 2. The summed E-state index contributed by atoms with van der Waals surface area (Å²) in [6, 6.07) is 24.9. The van der Waals surface area contributed by atoms with E-state index in [4.69, 9.17) is 11.6 Å². The summed E-state index contributed by atoms with van der Waals surface area (Å²) in [6.45, 7) is 4.95. The number of anilines is 1. The van der Waals surface area contributed by atoms with Gasteiger partial charge in [0.05, 0.1) is 10.6 Å². The van der Waals surface area contributed by atoms with Gasteiger partial charge in [-0.25, -0.2) is 12.8 Å². The standard InChI is InChI=1S/C34H35ClFN3O4S/c1-4-37-34(41)32(21-26-10-6-5-7-11-26)38(22-27-12-8-9-13-31(27)36)33(40)23-39(29-17-14-24(2)25(3)20-29)44(42,43)30-18-15-28(35)16-19-30/h5-20,32H,4,21-23H2,1-3H3,(H,37,41). The fourth-order valence-electron chi connectivity index (χ4n) is 4.80. The summed E-state index contributed by atoms with van der Waals surface area (Å²) in [5.74, 6) is -1.64. The molecule has 0 saturated carbocycles. The molecular formula is C34H35ClFN3O4S. The van der Waals surface area contributed by atoms with E-state index in [-0.39, 0.29) is 29.1 Å². The number of nitrogens with zero attached hydrogens (tertiary/aromatic N) is 2. The predicted molar refractivity (Wildman–Crippen MR) is 171 cm³/mol. The van der Waals surface area contributed by atoms with Crippen LogP contribution in [0.4, 0.5) is 10.1 Å². The van der Waals surface area contributed by atoms with E-state index >= 15 is 0 Å². The molecule has 230 valence electrons. The number of nitrogens with one attached hydrogen (secondary N) is 1. The van der Waals surface area contributed by atoms with Crippen molar-refractivity contribution in [2.45, 2.75) is 44.7 Å². The van der Waals surface area contributed by atoms with E-state index in [9.17, 15) is 22.4 Å². The maximum absolute atomic E-state index is 15.0. The van der Waals surface area contributed by atoms with Crippen LogP contribution in [0, 0.1) is 19.7 Å². The minimum atomic E-state index is -4.27. The number of benzene rings is 4. The van der Waals surface area contributed by atoms with Crippen molar-refractivity contribution in [2.75, 3.05) is 17.4 Å². The van der Waals surface area contributed by atoms with E-state index in [0.29, 0.717) is 11.6 Å². The third-order valence-electron chi connectivity index (χ3n) is 7.38. The number of hydrogen-bond donors (Lipinski definition) is 1. The quantitative estimate of drug-likeness (QED) is 0.205. The van der Waals surface area contributed by atoms with Crippen LogP contribution in [0.1, 0.15) is 29.2 Å². The summed E-state index contributed by atoms with van der Waals surface area (Å²) < 4.78 is 44.1. The zero-order valence-corrected chi connectivity index (χ0v) is 26.4. The minimum absolute atomic E-state index is 0.0573. The fourth-order valence-corrected chi connectivity index (χ4v) is 6.33. The molecule has 4 rings (SSSR count). The summed E-state index contributed by atoms with van der Waals surface area (Å²) in [6.07, 6.45) is 0.139. The van der Waals surface area contributed by atoms with Gasteiger partial charge in [-0.05, 0) is 79.9 Å². The lowest BCUT2D eigenvalue weighted by Crippen LogP contribution is -2.53. The van der Waals surface area contributed by atoms with Crippen LogP contribution in [-0.2, 0) is 32.6 Å². The van der Waals surface area contributed by atoms with Crippen LogP contribution >= 0.6 is 11.6 Å². The van der Waals surface area contributed by atoms with E-state index in [2.05, 4.69) is 5.32 Å². The third-order valence-corrected chi connectivity index (χ3v) is 9.42. The summed E-state index contributed by atoms with van der Waals surface area (Å²) in [5.41, 5.74) is 3.04. The zero-order chi connectivity index (χ0) is 31.9. The second-order valence-corrected chi connectivity index (χ2v) is 12.7. The Morgan fingerprint density at radius 3 is 2.18 bits per heavy atom. The van der Waals surface area contributed by atoms with Gasteiger partial charge >= 0.3 is 0 Å². The first kappa shape index (κ1) is 32.7. The Kier molecular flexibility index (Phi) is 10.8. The van der Waals surface area contributed by atoms with Gasteiger partial charge in [-0.2, -0.15) is 0 Å². The highest BCUT2D eigenvalue weighted by molar-refractivity contribution is 7.92. The number of amides is 2. The van der Waals surface area contributed by atoms with Gasteiger partial charge < -0.3 is 10.2 Å². The van der Waals surface area contributed by atoms with Crippen LogP contribution in [0.15, 0.2) is 102 Å². The van der Waals surface area contributed by atoms with Crippen molar-refractivity contribution in [3.63, 3.8) is 0 Å². The Bertz CT molecular complexity index is 1720. The molecule has 0 radical (unpaired) electrons. The average molecular weight is 636 g/mol. The first-order valence-corrected chi connectivity index (χ1v) is 16.0. The highest BCUT2D eigenvalue weighted by atomic mass is 35.5. The number of carbonyl (C=O) groups excluding carboxylic acids is 2. The van der Waals surface area contributed by atoms with Gasteiger partial charge in [0.25, 0.3) is 10.0 Å². The molecule has 44 heavy (non-hydrogen) atoms. The second kappa shape index (κ2) is 14.5. The van der Waals surface area contributed by atoms with E-state index in [1.165, 1.54) is 41.3 Å². The van der Waals surface area contributed by atoms with Gasteiger partial charge in [0, 0.05) is 30.1 Å². The van der Waals surface area contributed by atoms with Crippen LogP contribution in [0.25, 0.3) is 0 Å². The summed E-state index contributed by atoms with van der Waals surface area (Å²) >= 11 is 6.03. The zero-order valence-electron chi connectivity index (χ0n) is 24.8. The van der Waals surface area contributed by atoms with Gasteiger partial charge in [-0.1, -0.05) is 66.2 Å². The lowest BCUT2D eigenvalue weighted by Gasteiger charge is -2.34. The topological polar surface area (TPSA) is 86.8 Å². The Hall–Kier alpha value is -4.21. The van der Waals surface area contributed by atoms with Crippen molar-refractivity contribution < 1.29 is 22.4 Å². The Morgan fingerprint density at radius 2 is 1.55 bits per heavy atom. The highest BCUT2D eigenvalue weighted by Crippen LogP contribution is 2.28. The molecule has 1 unspecified atom stereocenters. The first-order valence-electron chi connectivity index (χ1n) is 14.2. The number of likely N-dealkylation sites (N-methyl/N-ethyl adjacent to an activating group) is 1. The monoisotopic (exact) mass is 635 g/mol. The molecule has 0 aromatic heterocycles. The average Bonchev–Trinajstić information content (AvgIpc) is 3.00. The van der Waals surface area contributed by atoms with E-state index in [1.54, 1.807) is 37.3 Å². The largest absolute Gasteiger partial charge is 0.355 e. The third kappa shape index (κ3) is 7.84. The molecule has 0 heterocycles. The Morgan fingerprint density at radius 1 is 0.886 bits per heavy atom. The first-order chi connectivity index (χ1) is 21.0. The molecule has 0 aliphatic carbocycles. The maximum atomic E-state index is 15.0. The normalized spacial score (nSPS) is 11.9. The van der Waals surface area contributed by atoms with Crippen molar-refractivity contribution in [1.29, 1.82) is 0 Å². The molecule has 4 aromatic rings. The maximum Gasteiger partial charge on any atom is 0.264 e. The molecule has 0 fully saturated rings. The summed E-state index contributed by atoms with van der Waals surface area (Å²) in [5, 5.41) is 3.15. The Labute approximate surface area is 263 Å². The molecule has 0 saturated heterocycles. The lowest BCUT2D eigenvalue weighted by atomic mass is 10.0. The van der Waals surface area contributed by atoms with Gasteiger partial charge in [-0.15, -0.1) is 0 Å². The van der Waals surface area contributed by atoms with Gasteiger partial charge in [0.1, 0.15) is 18.4 Å². The van der Waals surface area contributed by atoms with Crippen LogP contribution < -0.4 is 9.62 Å². The van der Waals surface area contributed by atoms with Gasteiger partial charge in [-0.3, -0.25) is 13.9 Å². The predicted octanol–water partition coefficient (Wildman–Crippen LogP) is 6.07. The van der Waals surface area contributed by atoms with Crippen molar-refractivity contribution in [1.82, 2.24) is 10.2 Å². The molecular weight excluding hydrogens is 601 g/mol. The molecule has 1 atom stereocenters. The molecule has 4 aromatic carbocycles. The van der Waals surface area contributed by atoms with Crippen LogP contribution in [0.5, 0.6) is 0 Å². The molecule has 1 N–H and O–H groups in total. The summed E-state index contributed by atoms with van der Waals surface area (Å²) in [4.78, 5) is 29.1. The molecule has 0 aliphatic rings. The summed E-state index contributed by atoms with van der Waals surface area (Å²) in [7, 11) is -4.27. The minimum Gasteiger partial charge on any atom is -0.355 e. The van der Waals surface area contributed by atoms with Crippen molar-refractivity contribution in [3.05, 3.63) is 130 Å². The fraction of sp³-hybridized carbons (Fsp3) is 0.235. The molecule has 0 bridgehead atoms. The number of sulfonamides is 1. The van der Waals surface area contributed by atoms with E-state index in [0.717, 1.165) is 21.0 Å². The molecule has 10 heteroatoms. The second-order valence-electron chi connectivity index (χ2n) is 10.4. The lowest BCUT2D eigenvalue weighted by molar-refractivity contribution is -0.140. The number of carbonyl (C=O) groups is 2. The number of rotatable bonds is 12. The molecule has 7 nitrogen and oxygen atoms in total. The Balaban J connectivity index is 1.82. The van der Waals surface area contributed by atoms with Crippen molar-refractivity contribution in [3.8, 4) is 0 Å². The van der Waals surface area contributed by atoms with Crippen LogP contribution in [-0.4, -0.2) is 44.3 Å². The molecule has 0 aliphatic heterocycles. The van der Waals surface area contributed by atoms with Gasteiger partial charge in [0.15, 0.2) is 0 Å². The molecule has 0 spiro atoms. The van der Waals surface area contributed by atoms with Gasteiger partial charge in [0.2, 0.25) is 11.8 Å². The van der Waals surface area contributed by atoms with E-state index < -0.39 is 40.2 Å². The van der Waals surface area contributed by atoms with Crippen molar-refractivity contribution in [2.24, 2.45) is 0 Å². The highest BCUT2D eigenvalue weighted by Gasteiger charge is 2.35. The van der Waals surface area contributed by atoms with E-state index in [1.807, 2.05) is 44.2 Å². The smallest absolute Gasteiger partial charge is 0.264 e. The number of halogens is 2. The molecule has 2 amide bonds. The van der Waals surface area contributed by atoms with Crippen LogP contribution in [0.2, 0.25) is 5.02 Å². The van der Waals surface area contributed by atoms with Crippen LogP contribution in [0.3, 0.4) is 0 Å². The number of hydrogen-bond acceptors (Lipinski definition) is 4. The SMILES string of the molecule is CCNC(=O)C(Cc1ccccc1)N(Cc1ccccc1F)C(=O)CN(c1ccc(C)c(C)c1)S(=O)(=O)c1ccc(Cl)cc1. The van der Waals surface area contributed by atoms with Crippen molar-refractivity contribution >= 4 is 39.1 Å².